The second-order valence-corrected chi connectivity index (χ2v) is 7.68. The highest BCUT2D eigenvalue weighted by Gasteiger charge is 2.38. The number of anilines is 1. The van der Waals surface area contributed by atoms with Gasteiger partial charge in [-0.3, -0.25) is 14.5 Å². The number of rotatable bonds is 6. The van der Waals surface area contributed by atoms with E-state index in [9.17, 15) is 9.59 Å². The van der Waals surface area contributed by atoms with E-state index in [1.807, 2.05) is 41.8 Å². The van der Waals surface area contributed by atoms with E-state index in [0.717, 1.165) is 44.6 Å². The molecule has 0 atom stereocenters. The second kappa shape index (κ2) is 11.2. The van der Waals surface area contributed by atoms with Crippen LogP contribution in [-0.2, 0) is 16.0 Å². The molecule has 2 aliphatic rings. The van der Waals surface area contributed by atoms with Crippen molar-refractivity contribution >= 4 is 42.3 Å². The zero-order chi connectivity index (χ0) is 19.4. The van der Waals surface area contributed by atoms with E-state index in [1.54, 1.807) is 0 Å². The van der Waals surface area contributed by atoms with Crippen LogP contribution in [0.25, 0.3) is 0 Å². The third kappa shape index (κ3) is 5.23. The minimum Gasteiger partial charge on any atom is -0.340 e. The zero-order valence-corrected chi connectivity index (χ0v) is 19.1. The van der Waals surface area contributed by atoms with Gasteiger partial charge in [-0.05, 0) is 30.9 Å². The van der Waals surface area contributed by atoms with Gasteiger partial charge in [0.25, 0.3) is 0 Å². The summed E-state index contributed by atoms with van der Waals surface area (Å²) in [4.78, 5) is 31.7. The van der Waals surface area contributed by atoms with Gasteiger partial charge < -0.3 is 15.5 Å². The minimum absolute atomic E-state index is 0. The Balaban J connectivity index is 0.00000210. The Hall–Kier alpha value is -1.34. The van der Waals surface area contributed by atoms with Gasteiger partial charge in [0.1, 0.15) is 0 Å². The highest BCUT2D eigenvalue weighted by Crippen LogP contribution is 2.29. The molecule has 0 aliphatic carbocycles. The number of piperazine rings is 1. The van der Waals surface area contributed by atoms with Crippen molar-refractivity contribution < 1.29 is 9.59 Å². The van der Waals surface area contributed by atoms with Crippen molar-refractivity contribution in [3.05, 3.63) is 29.8 Å². The van der Waals surface area contributed by atoms with Gasteiger partial charge in [0.05, 0.1) is 12.0 Å². The van der Waals surface area contributed by atoms with E-state index in [2.05, 4.69) is 11.0 Å². The molecule has 0 saturated carbocycles. The van der Waals surface area contributed by atoms with E-state index < -0.39 is 5.41 Å². The molecule has 0 spiro atoms. The molecular formula is C21H34Cl2N4O2. The number of hydrogen-bond acceptors (Lipinski definition) is 4. The Bertz CT molecular complexity index is 681. The Morgan fingerprint density at radius 3 is 2.21 bits per heavy atom. The summed E-state index contributed by atoms with van der Waals surface area (Å²) >= 11 is 0. The van der Waals surface area contributed by atoms with E-state index in [0.29, 0.717) is 26.2 Å². The monoisotopic (exact) mass is 444 g/mol. The number of nitrogens with zero attached hydrogens (tertiary/aromatic N) is 3. The molecule has 0 bridgehead atoms. The summed E-state index contributed by atoms with van der Waals surface area (Å²) in [6.07, 6.45) is 2.47. The lowest BCUT2D eigenvalue weighted by Gasteiger charge is -2.40. The molecule has 3 rings (SSSR count). The van der Waals surface area contributed by atoms with Gasteiger partial charge in [0.15, 0.2) is 0 Å². The third-order valence-electron chi connectivity index (χ3n) is 6.40. The molecular weight excluding hydrogens is 411 g/mol. The van der Waals surface area contributed by atoms with Crippen molar-refractivity contribution in [2.24, 2.45) is 11.1 Å². The smallest absolute Gasteiger partial charge is 0.241 e. The maximum atomic E-state index is 12.9. The quantitative estimate of drug-likeness (QED) is 0.730. The van der Waals surface area contributed by atoms with Crippen molar-refractivity contribution in [3.8, 4) is 0 Å². The number of carbonyl (C=O) groups is 2. The highest BCUT2D eigenvalue weighted by atomic mass is 35.5. The Labute approximate surface area is 186 Å². The molecule has 2 N–H and O–H groups in total. The standard InChI is InChI=1S/C21H32N4O2.2ClH/c1-3-21(4-2,16-22)20(27)24-13-11-23(12-14-24)15-19(26)25-10-9-17-7-5-6-8-18(17)25;;/h5-8H,3-4,9-16,22H2,1-2H3;2*1H. The fourth-order valence-corrected chi connectivity index (χ4v) is 4.25. The molecule has 0 radical (unpaired) electrons. The minimum atomic E-state index is -0.433. The summed E-state index contributed by atoms with van der Waals surface area (Å²) < 4.78 is 0. The van der Waals surface area contributed by atoms with Gasteiger partial charge in [-0.25, -0.2) is 0 Å². The first-order valence-corrected chi connectivity index (χ1v) is 10.1. The normalized spacial score (nSPS) is 16.7. The predicted octanol–water partition coefficient (Wildman–Crippen LogP) is 2.33. The number of fused-ring (bicyclic) bond motifs is 1. The maximum absolute atomic E-state index is 12.9. The van der Waals surface area contributed by atoms with Gasteiger partial charge in [-0.2, -0.15) is 0 Å². The van der Waals surface area contributed by atoms with Crippen LogP contribution in [0.15, 0.2) is 24.3 Å². The van der Waals surface area contributed by atoms with Crippen molar-refractivity contribution in [2.75, 3.05) is 50.7 Å². The second-order valence-electron chi connectivity index (χ2n) is 7.68. The van der Waals surface area contributed by atoms with Crippen LogP contribution >= 0.6 is 24.8 Å². The third-order valence-corrected chi connectivity index (χ3v) is 6.40. The molecule has 0 unspecified atom stereocenters. The van der Waals surface area contributed by atoms with Crippen LogP contribution in [0.4, 0.5) is 5.69 Å². The molecule has 2 amide bonds. The van der Waals surface area contributed by atoms with Crippen LogP contribution in [0.2, 0.25) is 0 Å². The molecule has 6 nitrogen and oxygen atoms in total. The molecule has 1 aromatic carbocycles. The number of carbonyl (C=O) groups excluding carboxylic acids is 2. The lowest BCUT2D eigenvalue weighted by Crippen LogP contribution is -2.56. The van der Waals surface area contributed by atoms with Crippen molar-refractivity contribution in [3.63, 3.8) is 0 Å². The van der Waals surface area contributed by atoms with Gasteiger partial charge in [-0.1, -0.05) is 32.0 Å². The van der Waals surface area contributed by atoms with E-state index >= 15 is 0 Å². The molecule has 164 valence electrons. The number of nitrogens with two attached hydrogens (primary N) is 1. The molecule has 0 aromatic heterocycles. The van der Waals surface area contributed by atoms with Gasteiger partial charge in [-0.15, -0.1) is 24.8 Å². The SMILES string of the molecule is CCC(CC)(CN)C(=O)N1CCN(CC(=O)N2CCc3ccccc32)CC1.Cl.Cl. The molecule has 29 heavy (non-hydrogen) atoms. The van der Waals surface area contributed by atoms with E-state index in [4.69, 9.17) is 5.73 Å². The van der Waals surface area contributed by atoms with Crippen LogP contribution in [0.3, 0.4) is 0 Å². The number of benzene rings is 1. The van der Waals surface area contributed by atoms with Gasteiger partial charge in [0, 0.05) is 45.0 Å². The summed E-state index contributed by atoms with van der Waals surface area (Å²) in [5.74, 6) is 0.326. The first-order valence-electron chi connectivity index (χ1n) is 10.1. The van der Waals surface area contributed by atoms with Crippen molar-refractivity contribution in [1.29, 1.82) is 0 Å². The van der Waals surface area contributed by atoms with Crippen LogP contribution in [0.1, 0.15) is 32.3 Å². The first kappa shape index (κ1) is 25.7. The van der Waals surface area contributed by atoms with Crippen LogP contribution < -0.4 is 10.6 Å². The Morgan fingerprint density at radius 1 is 1.00 bits per heavy atom. The summed E-state index contributed by atoms with van der Waals surface area (Å²) in [5.41, 5.74) is 7.80. The lowest BCUT2D eigenvalue weighted by molar-refractivity contribution is -0.144. The molecule has 2 aliphatic heterocycles. The fraction of sp³-hybridized carbons (Fsp3) is 0.619. The molecule has 8 heteroatoms. The van der Waals surface area contributed by atoms with Crippen LogP contribution in [0, 0.1) is 5.41 Å². The predicted molar refractivity (Wildman–Crippen MR) is 122 cm³/mol. The Kier molecular flexibility index (Phi) is 9.89. The van der Waals surface area contributed by atoms with E-state index in [-0.39, 0.29) is 36.6 Å². The fourth-order valence-electron chi connectivity index (χ4n) is 4.25. The first-order chi connectivity index (χ1) is 13.0. The van der Waals surface area contributed by atoms with Gasteiger partial charge >= 0.3 is 0 Å². The summed E-state index contributed by atoms with van der Waals surface area (Å²) in [5, 5.41) is 0. The average molecular weight is 445 g/mol. The molecule has 1 fully saturated rings. The largest absolute Gasteiger partial charge is 0.340 e. The summed E-state index contributed by atoms with van der Waals surface area (Å²) in [7, 11) is 0. The van der Waals surface area contributed by atoms with Gasteiger partial charge in [0.2, 0.25) is 11.8 Å². The van der Waals surface area contributed by atoms with Crippen LogP contribution in [0.5, 0.6) is 0 Å². The maximum Gasteiger partial charge on any atom is 0.241 e. The summed E-state index contributed by atoms with van der Waals surface area (Å²) in [6.45, 7) is 8.47. The molecule has 1 saturated heterocycles. The van der Waals surface area contributed by atoms with Crippen molar-refractivity contribution in [1.82, 2.24) is 9.80 Å². The molecule has 2 heterocycles. The zero-order valence-electron chi connectivity index (χ0n) is 17.4. The Morgan fingerprint density at radius 2 is 1.62 bits per heavy atom. The topological polar surface area (TPSA) is 69.9 Å². The lowest BCUT2D eigenvalue weighted by atomic mass is 9.81. The number of amides is 2. The number of para-hydroxylation sites is 1. The number of hydrogen-bond donors (Lipinski definition) is 1. The summed E-state index contributed by atoms with van der Waals surface area (Å²) in [6, 6.07) is 8.13. The van der Waals surface area contributed by atoms with Crippen molar-refractivity contribution in [2.45, 2.75) is 33.1 Å². The average Bonchev–Trinajstić information content (AvgIpc) is 3.14. The number of halogens is 2. The highest BCUT2D eigenvalue weighted by molar-refractivity contribution is 5.96. The van der Waals surface area contributed by atoms with E-state index in [1.165, 1.54) is 5.56 Å². The van der Waals surface area contributed by atoms with Crippen LogP contribution in [-0.4, -0.2) is 67.4 Å². The molecule has 1 aromatic rings.